The summed E-state index contributed by atoms with van der Waals surface area (Å²) < 4.78 is 5.55. The van der Waals surface area contributed by atoms with Crippen molar-refractivity contribution in [2.24, 2.45) is 0 Å². The van der Waals surface area contributed by atoms with Crippen molar-refractivity contribution in [1.82, 2.24) is 0 Å². The van der Waals surface area contributed by atoms with Crippen LogP contribution in [0, 0.1) is 0 Å². The Bertz CT molecular complexity index is 427. The van der Waals surface area contributed by atoms with Gasteiger partial charge in [-0.05, 0) is 42.7 Å². The standard InChI is InChI=1S/C15H17NO/c1-4-12-17-15(5-1)13-6-8-14(9-7-13)16-10-2-3-11-16/h1,4-9,12,15H,2-3,10-11H2. The Balaban J connectivity index is 1.75. The highest BCUT2D eigenvalue weighted by Crippen LogP contribution is 2.26. The second kappa shape index (κ2) is 4.66. The molecule has 0 aromatic heterocycles. The predicted molar refractivity (Wildman–Crippen MR) is 70.0 cm³/mol. The van der Waals surface area contributed by atoms with Gasteiger partial charge in [-0.15, -0.1) is 0 Å². The molecule has 2 nitrogen and oxygen atoms in total. The minimum atomic E-state index is 0.0765. The van der Waals surface area contributed by atoms with Crippen LogP contribution < -0.4 is 4.90 Å². The summed E-state index contributed by atoms with van der Waals surface area (Å²) in [5, 5.41) is 0. The van der Waals surface area contributed by atoms with Gasteiger partial charge in [0.2, 0.25) is 0 Å². The lowest BCUT2D eigenvalue weighted by molar-refractivity contribution is 0.186. The van der Waals surface area contributed by atoms with Gasteiger partial charge in [0, 0.05) is 18.8 Å². The molecule has 1 aromatic carbocycles. The summed E-state index contributed by atoms with van der Waals surface area (Å²) in [5.74, 6) is 0. The maximum atomic E-state index is 5.55. The minimum absolute atomic E-state index is 0.0765. The van der Waals surface area contributed by atoms with Gasteiger partial charge in [-0.2, -0.15) is 0 Å². The second-order valence-corrected chi connectivity index (χ2v) is 4.56. The Hall–Kier alpha value is -1.70. The topological polar surface area (TPSA) is 12.5 Å². The van der Waals surface area contributed by atoms with Crippen molar-refractivity contribution in [3.63, 3.8) is 0 Å². The van der Waals surface area contributed by atoms with E-state index >= 15 is 0 Å². The lowest BCUT2D eigenvalue weighted by Crippen LogP contribution is -2.17. The molecule has 1 fully saturated rings. The maximum Gasteiger partial charge on any atom is 0.141 e. The predicted octanol–water partition coefficient (Wildman–Crippen LogP) is 3.43. The van der Waals surface area contributed by atoms with E-state index in [1.54, 1.807) is 6.26 Å². The van der Waals surface area contributed by atoms with Gasteiger partial charge in [-0.3, -0.25) is 0 Å². The Morgan fingerprint density at radius 3 is 2.41 bits per heavy atom. The van der Waals surface area contributed by atoms with Crippen LogP contribution in [-0.4, -0.2) is 13.1 Å². The van der Waals surface area contributed by atoms with Gasteiger partial charge in [-0.25, -0.2) is 0 Å². The molecule has 2 aliphatic rings. The van der Waals surface area contributed by atoms with E-state index in [0.29, 0.717) is 0 Å². The number of nitrogens with zero attached hydrogens (tertiary/aromatic N) is 1. The van der Waals surface area contributed by atoms with E-state index in [1.165, 1.54) is 37.2 Å². The third-order valence-electron chi connectivity index (χ3n) is 3.39. The number of hydrogen-bond donors (Lipinski definition) is 0. The summed E-state index contributed by atoms with van der Waals surface area (Å²) in [4.78, 5) is 2.45. The zero-order valence-corrected chi connectivity index (χ0v) is 9.88. The highest BCUT2D eigenvalue weighted by molar-refractivity contribution is 5.49. The van der Waals surface area contributed by atoms with Crippen molar-refractivity contribution in [3.05, 3.63) is 54.3 Å². The van der Waals surface area contributed by atoms with Crippen LogP contribution in [0.3, 0.4) is 0 Å². The summed E-state index contributed by atoms with van der Waals surface area (Å²) in [6, 6.07) is 8.75. The average Bonchev–Trinajstić information content (AvgIpc) is 2.94. The van der Waals surface area contributed by atoms with Gasteiger partial charge < -0.3 is 9.64 Å². The van der Waals surface area contributed by atoms with Gasteiger partial charge in [0.25, 0.3) is 0 Å². The summed E-state index contributed by atoms with van der Waals surface area (Å²) in [6.07, 6.45) is 10.5. The molecule has 0 bridgehead atoms. The lowest BCUT2D eigenvalue weighted by atomic mass is 10.1. The fourth-order valence-electron chi connectivity index (χ4n) is 2.43. The Morgan fingerprint density at radius 1 is 1.00 bits per heavy atom. The zero-order valence-electron chi connectivity index (χ0n) is 9.88. The summed E-state index contributed by atoms with van der Waals surface area (Å²) in [5.41, 5.74) is 2.55. The molecular weight excluding hydrogens is 210 g/mol. The van der Waals surface area contributed by atoms with Crippen molar-refractivity contribution in [3.8, 4) is 0 Å². The molecule has 2 heterocycles. The molecule has 1 saturated heterocycles. The largest absolute Gasteiger partial charge is 0.489 e. The number of ether oxygens (including phenoxy) is 1. The molecule has 2 heteroatoms. The van der Waals surface area contributed by atoms with Crippen LogP contribution in [0.25, 0.3) is 0 Å². The van der Waals surface area contributed by atoms with Gasteiger partial charge in [-0.1, -0.05) is 18.2 Å². The van der Waals surface area contributed by atoms with Crippen molar-refractivity contribution in [2.45, 2.75) is 18.9 Å². The Kier molecular flexibility index (Phi) is 2.87. The van der Waals surface area contributed by atoms with Gasteiger partial charge in [0.1, 0.15) is 6.10 Å². The molecule has 88 valence electrons. The first-order valence-electron chi connectivity index (χ1n) is 6.27. The molecule has 0 saturated carbocycles. The van der Waals surface area contributed by atoms with Crippen molar-refractivity contribution in [1.29, 1.82) is 0 Å². The first kappa shape index (κ1) is 10.5. The molecule has 1 unspecified atom stereocenters. The monoisotopic (exact) mass is 227 g/mol. The maximum absolute atomic E-state index is 5.55. The molecule has 0 N–H and O–H groups in total. The first-order valence-corrected chi connectivity index (χ1v) is 6.27. The smallest absolute Gasteiger partial charge is 0.141 e. The van der Waals surface area contributed by atoms with E-state index in [4.69, 9.17) is 4.74 Å². The van der Waals surface area contributed by atoms with Crippen LogP contribution in [0.15, 0.2) is 48.8 Å². The van der Waals surface area contributed by atoms with Crippen LogP contribution in [0.1, 0.15) is 24.5 Å². The number of benzene rings is 1. The van der Waals surface area contributed by atoms with E-state index in [2.05, 4.69) is 35.2 Å². The van der Waals surface area contributed by atoms with Crippen LogP contribution in [0.5, 0.6) is 0 Å². The Labute approximate surface area is 102 Å². The van der Waals surface area contributed by atoms with E-state index in [9.17, 15) is 0 Å². The van der Waals surface area contributed by atoms with Crippen molar-refractivity contribution >= 4 is 5.69 Å². The molecule has 1 aromatic rings. The van der Waals surface area contributed by atoms with E-state index in [1.807, 2.05) is 12.2 Å². The van der Waals surface area contributed by atoms with Crippen LogP contribution in [-0.2, 0) is 4.74 Å². The van der Waals surface area contributed by atoms with E-state index < -0.39 is 0 Å². The quantitative estimate of drug-likeness (QED) is 0.767. The number of rotatable bonds is 2. The normalized spacial score (nSPS) is 22.8. The highest BCUT2D eigenvalue weighted by Gasteiger charge is 2.13. The summed E-state index contributed by atoms with van der Waals surface area (Å²) in [7, 11) is 0. The first-order chi connectivity index (χ1) is 8.43. The van der Waals surface area contributed by atoms with Crippen molar-refractivity contribution < 1.29 is 4.74 Å². The number of anilines is 1. The van der Waals surface area contributed by atoms with Crippen LogP contribution in [0.2, 0.25) is 0 Å². The van der Waals surface area contributed by atoms with Gasteiger partial charge >= 0.3 is 0 Å². The Morgan fingerprint density at radius 2 is 1.76 bits per heavy atom. The van der Waals surface area contributed by atoms with Crippen LogP contribution >= 0.6 is 0 Å². The van der Waals surface area contributed by atoms with E-state index in [0.717, 1.165) is 0 Å². The molecule has 1 atom stereocenters. The number of hydrogen-bond acceptors (Lipinski definition) is 2. The minimum Gasteiger partial charge on any atom is -0.489 e. The van der Waals surface area contributed by atoms with Crippen LogP contribution in [0.4, 0.5) is 5.69 Å². The van der Waals surface area contributed by atoms with Crippen molar-refractivity contribution in [2.75, 3.05) is 18.0 Å². The zero-order chi connectivity index (χ0) is 11.5. The highest BCUT2D eigenvalue weighted by atomic mass is 16.5. The molecular formula is C15H17NO. The third kappa shape index (κ3) is 2.21. The third-order valence-corrected chi connectivity index (χ3v) is 3.39. The summed E-state index contributed by atoms with van der Waals surface area (Å²) in [6.45, 7) is 2.39. The fraction of sp³-hybridized carbons (Fsp3) is 0.333. The average molecular weight is 227 g/mol. The molecule has 3 rings (SSSR count). The molecule has 2 aliphatic heterocycles. The SMILES string of the molecule is C1=COC(c2ccc(N3CCCC3)cc2)C=C1. The van der Waals surface area contributed by atoms with Gasteiger partial charge in [0.15, 0.2) is 0 Å². The number of allylic oxidation sites excluding steroid dienone is 2. The molecule has 17 heavy (non-hydrogen) atoms. The fourth-order valence-corrected chi connectivity index (χ4v) is 2.43. The molecule has 0 spiro atoms. The lowest BCUT2D eigenvalue weighted by Gasteiger charge is -2.19. The molecule has 0 aliphatic carbocycles. The second-order valence-electron chi connectivity index (χ2n) is 4.56. The van der Waals surface area contributed by atoms with Gasteiger partial charge in [0.05, 0.1) is 6.26 Å². The molecule has 0 radical (unpaired) electrons. The van der Waals surface area contributed by atoms with E-state index in [-0.39, 0.29) is 6.10 Å². The molecule has 0 amide bonds. The summed E-state index contributed by atoms with van der Waals surface area (Å²) >= 11 is 0.